The van der Waals surface area contributed by atoms with Crippen molar-refractivity contribution in [3.8, 4) is 16.9 Å². The fourth-order valence-electron chi connectivity index (χ4n) is 6.20. The van der Waals surface area contributed by atoms with Gasteiger partial charge in [0.1, 0.15) is 30.4 Å². The van der Waals surface area contributed by atoms with Crippen LogP contribution in [-0.4, -0.2) is 82.4 Å². The van der Waals surface area contributed by atoms with Gasteiger partial charge in [-0.3, -0.25) is 4.57 Å². The molecule has 4 atom stereocenters. The van der Waals surface area contributed by atoms with Crippen LogP contribution in [0.5, 0.6) is 5.75 Å². The third-order valence-electron chi connectivity index (χ3n) is 13.0. The fourth-order valence-corrected chi connectivity index (χ4v) is 9.81. The minimum absolute atomic E-state index is 0.0316. The molecule has 1 fully saturated rings. The molecule has 2 N–H and O–H groups in total. The number of imidazole rings is 1. The largest absolute Gasteiger partial charge is 0.497 e. The molecule has 1 aliphatic rings. The Balaban J connectivity index is 1.70. The molecule has 0 aliphatic carbocycles. The Morgan fingerprint density at radius 2 is 1.43 bits per heavy atom. The number of carbonyl (C=O) groups excluding carboxylic acids is 1. The molecule has 328 valence electrons. The molecule has 0 spiro atoms. The van der Waals surface area contributed by atoms with Gasteiger partial charge in [-0.2, -0.15) is 5.06 Å². The number of nitrogen functional groups attached to an aromatic ring is 1. The lowest BCUT2D eigenvalue weighted by Gasteiger charge is -2.44. The second-order valence-electron chi connectivity index (χ2n) is 20.3. The summed E-state index contributed by atoms with van der Waals surface area (Å²) in [6.07, 6.45) is -0.141. The molecule has 60 heavy (non-hydrogen) atoms. The Kier molecular flexibility index (Phi) is 13.7. The highest BCUT2D eigenvalue weighted by Gasteiger charge is 2.56. The summed E-state index contributed by atoms with van der Waals surface area (Å²) in [5.74, 6) is 3.00. The standard InChI is InChI=1S/C44H68N6O7Si3/c1-42(2,3)58(11,12)54-28-34-36(56-59(13,14)43(4,5)6)37(57-60(15,16)44(7,8)9)40(55-34)50-39-35(38(45)46-29-47-39)48-41(50)49(53-25-24-51)27-30-20-22-31(23-21-30)32-18-17-19-33(26-32)52-10/h17-23,25-26,29,34,36-37,40H,27-28H2,1-16H3,(H2,45,46,47)/t34-,36-,37-,40-/m1/s1. The Morgan fingerprint density at radius 3 is 2.00 bits per heavy atom. The van der Waals surface area contributed by atoms with Crippen molar-refractivity contribution >= 4 is 53.8 Å². The number of fused-ring (bicyclic) bond motifs is 1. The molecule has 0 unspecified atom stereocenters. The fraction of sp³-hybridized carbons (Fsp3) is 0.568. The van der Waals surface area contributed by atoms with Crippen molar-refractivity contribution in [3.05, 3.63) is 66.7 Å². The number of nitrogens with two attached hydrogens (primary N) is 1. The lowest BCUT2D eigenvalue weighted by atomic mass is 10.0. The first kappa shape index (κ1) is 47.2. The molecule has 16 heteroatoms. The topological polar surface area (TPSA) is 145 Å². The van der Waals surface area contributed by atoms with Crippen molar-refractivity contribution in [2.45, 2.75) is 148 Å². The highest BCUT2D eigenvalue weighted by Crippen LogP contribution is 2.48. The van der Waals surface area contributed by atoms with Gasteiger partial charge in [0, 0.05) is 0 Å². The van der Waals surface area contributed by atoms with Gasteiger partial charge >= 0.3 is 0 Å². The Bertz CT molecular complexity index is 2150. The maximum Gasteiger partial charge on any atom is 0.244 e. The van der Waals surface area contributed by atoms with Crippen molar-refractivity contribution in [2.24, 2.45) is 0 Å². The summed E-state index contributed by atoms with van der Waals surface area (Å²) >= 11 is 0. The van der Waals surface area contributed by atoms with Crippen molar-refractivity contribution < 1.29 is 32.4 Å². The molecular weight excluding hydrogens is 809 g/mol. The molecular formula is C44H68N6O7Si3. The van der Waals surface area contributed by atoms with Gasteiger partial charge in [0.15, 0.2) is 54.1 Å². The monoisotopic (exact) mass is 876 g/mol. The molecule has 0 saturated carbocycles. The van der Waals surface area contributed by atoms with Gasteiger partial charge in [-0.15, -0.1) is 0 Å². The molecule has 5 rings (SSSR count). The number of hydrogen-bond donors (Lipinski definition) is 1. The van der Waals surface area contributed by atoms with Crippen molar-refractivity contribution in [1.82, 2.24) is 19.5 Å². The third kappa shape index (κ3) is 10.1. The van der Waals surface area contributed by atoms with Crippen LogP contribution in [0.25, 0.3) is 22.3 Å². The Labute approximate surface area is 360 Å². The summed E-state index contributed by atoms with van der Waals surface area (Å²) in [5, 5.41) is 1.22. The van der Waals surface area contributed by atoms with E-state index in [0.29, 0.717) is 17.8 Å². The number of methoxy groups -OCH3 is 1. The summed E-state index contributed by atoms with van der Waals surface area (Å²) in [5.41, 5.74) is 10.2. The minimum Gasteiger partial charge on any atom is -0.497 e. The SMILES string of the molecule is COc1cccc(-c2ccc(CN(OC=C=O)c3nc4c(N)ncnc4n3[C@@H]3O[C@H](CO[Si](C)(C)C(C)(C)C)[C@@H](O[Si](C)(C)C(C)(C)C)[C@H]3O[Si](C)(C)C(C)(C)C)cc2)c1. The van der Waals surface area contributed by atoms with Gasteiger partial charge in [0.2, 0.25) is 12.2 Å². The molecule has 13 nitrogen and oxygen atoms in total. The van der Waals surface area contributed by atoms with E-state index < -0.39 is 49.5 Å². The number of benzene rings is 2. The highest BCUT2D eigenvalue weighted by atomic mass is 28.4. The van der Waals surface area contributed by atoms with E-state index in [1.807, 2.05) is 53.1 Å². The van der Waals surface area contributed by atoms with Gasteiger partial charge in [-0.1, -0.05) is 98.7 Å². The number of anilines is 2. The number of ether oxygens (including phenoxy) is 2. The maximum atomic E-state index is 11.8. The van der Waals surface area contributed by atoms with Crippen LogP contribution >= 0.6 is 0 Å². The zero-order chi connectivity index (χ0) is 44.6. The first-order valence-electron chi connectivity index (χ1n) is 20.7. The van der Waals surface area contributed by atoms with Gasteiger partial charge in [0.05, 0.1) is 20.3 Å². The highest BCUT2D eigenvalue weighted by molar-refractivity contribution is 6.75. The number of nitrogens with zero attached hydrogens (tertiary/aromatic N) is 5. The van der Waals surface area contributed by atoms with E-state index in [4.69, 9.17) is 43.3 Å². The number of rotatable bonds is 15. The number of hydroxylamine groups is 1. The van der Waals surface area contributed by atoms with Crippen LogP contribution in [0.1, 0.15) is 74.1 Å². The first-order chi connectivity index (χ1) is 27.7. The van der Waals surface area contributed by atoms with Crippen LogP contribution in [0, 0.1) is 0 Å². The first-order valence-corrected chi connectivity index (χ1v) is 29.4. The van der Waals surface area contributed by atoms with Gasteiger partial charge < -0.3 is 33.3 Å². The van der Waals surface area contributed by atoms with Crippen LogP contribution in [-0.2, 0) is 34.2 Å². The Morgan fingerprint density at radius 1 is 0.833 bits per heavy atom. The predicted octanol–water partition coefficient (Wildman–Crippen LogP) is 10.1. The zero-order valence-electron chi connectivity index (χ0n) is 38.7. The lowest BCUT2D eigenvalue weighted by Crippen LogP contribution is -2.54. The van der Waals surface area contributed by atoms with Crippen LogP contribution in [0.2, 0.25) is 54.4 Å². The second kappa shape index (κ2) is 17.5. The van der Waals surface area contributed by atoms with Crippen molar-refractivity contribution in [3.63, 3.8) is 0 Å². The van der Waals surface area contributed by atoms with Gasteiger partial charge in [-0.25, -0.2) is 19.7 Å². The summed E-state index contributed by atoms with van der Waals surface area (Å²) in [4.78, 5) is 31.9. The summed E-state index contributed by atoms with van der Waals surface area (Å²) < 4.78 is 36.4. The van der Waals surface area contributed by atoms with Gasteiger partial charge in [-0.05, 0) is 83.2 Å². The predicted molar refractivity (Wildman–Crippen MR) is 247 cm³/mol. The zero-order valence-corrected chi connectivity index (χ0v) is 41.7. The number of aromatic nitrogens is 4. The van der Waals surface area contributed by atoms with E-state index >= 15 is 0 Å². The van der Waals surface area contributed by atoms with E-state index in [9.17, 15) is 4.79 Å². The molecule has 1 saturated heterocycles. The average Bonchev–Trinajstić information content (AvgIpc) is 3.69. The Hall–Kier alpha value is -3.87. The minimum atomic E-state index is -2.53. The van der Waals surface area contributed by atoms with E-state index in [0.717, 1.165) is 28.7 Å². The average molecular weight is 877 g/mol. The van der Waals surface area contributed by atoms with E-state index in [-0.39, 0.29) is 33.4 Å². The van der Waals surface area contributed by atoms with Crippen LogP contribution in [0.3, 0.4) is 0 Å². The molecule has 3 heterocycles. The van der Waals surface area contributed by atoms with Crippen molar-refractivity contribution in [2.75, 3.05) is 24.5 Å². The number of hydrogen-bond acceptors (Lipinski definition) is 12. The van der Waals surface area contributed by atoms with E-state index in [1.54, 1.807) is 13.1 Å². The maximum absolute atomic E-state index is 11.8. The van der Waals surface area contributed by atoms with Crippen LogP contribution in [0.15, 0.2) is 61.1 Å². The third-order valence-corrected chi connectivity index (χ3v) is 26.5. The molecule has 4 aromatic rings. The summed E-state index contributed by atoms with van der Waals surface area (Å²) in [6, 6.07) is 16.0. The molecule has 0 radical (unpaired) electrons. The molecule has 2 aromatic heterocycles. The van der Waals surface area contributed by atoms with Gasteiger partial charge in [0.25, 0.3) is 0 Å². The lowest BCUT2D eigenvalue weighted by molar-refractivity contribution is -0.0473. The smallest absolute Gasteiger partial charge is 0.244 e. The van der Waals surface area contributed by atoms with Crippen LogP contribution < -0.4 is 15.5 Å². The second-order valence-corrected chi connectivity index (χ2v) is 34.7. The quantitative estimate of drug-likeness (QED) is 0.0525. The van der Waals surface area contributed by atoms with E-state index in [1.165, 1.54) is 11.4 Å². The molecule has 2 aromatic carbocycles. The van der Waals surface area contributed by atoms with Crippen LogP contribution in [0.4, 0.5) is 11.8 Å². The van der Waals surface area contributed by atoms with Crippen molar-refractivity contribution in [1.29, 1.82) is 0 Å². The summed E-state index contributed by atoms with van der Waals surface area (Å²) in [6.45, 7) is 34.0. The molecule has 0 bridgehead atoms. The summed E-state index contributed by atoms with van der Waals surface area (Å²) in [7, 11) is -5.57. The molecule has 0 amide bonds. The normalized spacial score (nSPS) is 19.3. The molecule has 1 aliphatic heterocycles. The van der Waals surface area contributed by atoms with E-state index in [2.05, 4.69) is 107 Å².